The van der Waals surface area contributed by atoms with Gasteiger partial charge in [-0.05, 0) is 12.5 Å². The molecule has 0 aromatic heterocycles. The number of carbonyl (C=O) groups is 4. The highest BCUT2D eigenvalue weighted by molar-refractivity contribution is 6.38. The molecule has 0 bridgehead atoms. The second-order valence-electron chi connectivity index (χ2n) is 5.04. The average Bonchev–Trinajstić information content (AvgIpc) is 2.55. The molecule has 8 heteroatoms. The number of imide groups is 1. The zero-order valence-electron chi connectivity index (χ0n) is 12.7. The first kappa shape index (κ1) is 16.5. The molecule has 23 heavy (non-hydrogen) atoms. The molecule has 1 atom stereocenters. The predicted molar refractivity (Wildman–Crippen MR) is 80.9 cm³/mol. The SMILES string of the molecule is CCN1CCN(C(=O)N[C@@H](C(N)=O)c2ccccc2)C(=O)C1=O. The van der Waals surface area contributed by atoms with Crippen LogP contribution in [0.5, 0.6) is 0 Å². The van der Waals surface area contributed by atoms with Crippen LogP contribution in [0.25, 0.3) is 0 Å². The van der Waals surface area contributed by atoms with E-state index in [2.05, 4.69) is 5.32 Å². The first-order chi connectivity index (χ1) is 11.0. The number of likely N-dealkylation sites (N-methyl/N-ethyl adjacent to an activating group) is 1. The van der Waals surface area contributed by atoms with E-state index in [1.807, 2.05) is 0 Å². The normalized spacial score (nSPS) is 16.2. The van der Waals surface area contributed by atoms with Gasteiger partial charge in [0.05, 0.1) is 0 Å². The lowest BCUT2D eigenvalue weighted by atomic mass is 10.1. The van der Waals surface area contributed by atoms with Crippen molar-refractivity contribution < 1.29 is 19.2 Å². The number of rotatable bonds is 4. The van der Waals surface area contributed by atoms with E-state index < -0.39 is 29.8 Å². The van der Waals surface area contributed by atoms with Crippen molar-refractivity contribution in [3.8, 4) is 0 Å². The summed E-state index contributed by atoms with van der Waals surface area (Å²) in [4.78, 5) is 49.8. The number of carbonyl (C=O) groups excluding carboxylic acids is 4. The van der Waals surface area contributed by atoms with Crippen LogP contribution in [-0.2, 0) is 14.4 Å². The molecular weight excluding hydrogens is 300 g/mol. The number of nitrogens with zero attached hydrogens (tertiary/aromatic N) is 2. The number of hydrogen-bond donors (Lipinski definition) is 2. The molecule has 1 aliphatic rings. The molecule has 122 valence electrons. The van der Waals surface area contributed by atoms with Crippen molar-refractivity contribution in [1.82, 2.24) is 15.1 Å². The number of amides is 5. The van der Waals surface area contributed by atoms with E-state index in [-0.39, 0.29) is 13.1 Å². The Balaban J connectivity index is 2.12. The van der Waals surface area contributed by atoms with Crippen LogP contribution < -0.4 is 11.1 Å². The first-order valence-corrected chi connectivity index (χ1v) is 7.21. The average molecular weight is 318 g/mol. The Bertz CT molecular complexity index is 632. The summed E-state index contributed by atoms with van der Waals surface area (Å²) >= 11 is 0. The van der Waals surface area contributed by atoms with Crippen LogP contribution in [0.1, 0.15) is 18.5 Å². The molecule has 0 unspecified atom stereocenters. The topological polar surface area (TPSA) is 113 Å². The molecule has 2 rings (SSSR count). The zero-order valence-corrected chi connectivity index (χ0v) is 12.7. The molecule has 1 heterocycles. The largest absolute Gasteiger partial charge is 0.368 e. The second-order valence-corrected chi connectivity index (χ2v) is 5.04. The summed E-state index contributed by atoms with van der Waals surface area (Å²) in [6.07, 6.45) is 0. The van der Waals surface area contributed by atoms with E-state index in [9.17, 15) is 19.2 Å². The summed E-state index contributed by atoms with van der Waals surface area (Å²) in [6.45, 7) is 2.49. The van der Waals surface area contributed by atoms with Crippen molar-refractivity contribution >= 4 is 23.8 Å². The van der Waals surface area contributed by atoms with Gasteiger partial charge in [0.15, 0.2) is 0 Å². The maximum Gasteiger partial charge on any atom is 0.325 e. The molecule has 0 spiro atoms. The fourth-order valence-electron chi connectivity index (χ4n) is 2.34. The Morgan fingerprint density at radius 1 is 1.17 bits per heavy atom. The highest BCUT2D eigenvalue weighted by Crippen LogP contribution is 2.13. The summed E-state index contributed by atoms with van der Waals surface area (Å²) in [5.74, 6) is -2.40. The highest BCUT2D eigenvalue weighted by Gasteiger charge is 2.36. The Morgan fingerprint density at radius 3 is 2.39 bits per heavy atom. The summed E-state index contributed by atoms with van der Waals surface area (Å²) in [5.41, 5.74) is 5.82. The first-order valence-electron chi connectivity index (χ1n) is 7.21. The van der Waals surface area contributed by atoms with Gasteiger partial charge in [-0.3, -0.25) is 19.3 Å². The fourth-order valence-corrected chi connectivity index (χ4v) is 2.34. The van der Waals surface area contributed by atoms with Crippen LogP contribution in [0.3, 0.4) is 0 Å². The van der Waals surface area contributed by atoms with Crippen LogP contribution in [0.2, 0.25) is 0 Å². The third-order valence-electron chi connectivity index (χ3n) is 3.62. The van der Waals surface area contributed by atoms with Crippen molar-refractivity contribution in [2.75, 3.05) is 19.6 Å². The van der Waals surface area contributed by atoms with Gasteiger partial charge in [0.25, 0.3) is 0 Å². The lowest BCUT2D eigenvalue weighted by molar-refractivity contribution is -0.153. The van der Waals surface area contributed by atoms with Crippen molar-refractivity contribution in [2.24, 2.45) is 5.73 Å². The van der Waals surface area contributed by atoms with Crippen LogP contribution in [0, 0.1) is 0 Å². The Kier molecular flexibility index (Phi) is 4.95. The summed E-state index contributed by atoms with van der Waals surface area (Å²) in [7, 11) is 0. The van der Waals surface area contributed by atoms with E-state index in [1.54, 1.807) is 37.3 Å². The third kappa shape index (κ3) is 3.47. The van der Waals surface area contributed by atoms with Crippen molar-refractivity contribution in [3.63, 3.8) is 0 Å². The molecular formula is C15H18N4O4. The second kappa shape index (κ2) is 6.91. The molecule has 0 aliphatic carbocycles. The molecule has 1 aromatic rings. The van der Waals surface area contributed by atoms with Crippen LogP contribution in [0.4, 0.5) is 4.79 Å². The standard InChI is InChI=1S/C15H18N4O4/c1-2-18-8-9-19(14(22)13(18)21)15(23)17-11(12(16)20)10-6-4-3-5-7-10/h3-7,11H,2,8-9H2,1H3,(H2,16,20)(H,17,23)/t11-/m1/s1. The van der Waals surface area contributed by atoms with Crippen molar-refractivity contribution in [1.29, 1.82) is 0 Å². The minimum absolute atomic E-state index is 0.0739. The van der Waals surface area contributed by atoms with Crippen LogP contribution in [0.15, 0.2) is 30.3 Å². The predicted octanol–water partition coefficient (Wildman–Crippen LogP) is -0.387. The number of nitrogens with one attached hydrogen (secondary N) is 1. The van der Waals surface area contributed by atoms with Gasteiger partial charge in [-0.2, -0.15) is 0 Å². The van der Waals surface area contributed by atoms with Crippen LogP contribution >= 0.6 is 0 Å². The highest BCUT2D eigenvalue weighted by atomic mass is 16.2. The third-order valence-corrected chi connectivity index (χ3v) is 3.62. The number of urea groups is 1. The minimum atomic E-state index is -1.07. The molecule has 3 N–H and O–H groups in total. The molecule has 0 radical (unpaired) electrons. The fraction of sp³-hybridized carbons (Fsp3) is 0.333. The van der Waals surface area contributed by atoms with Crippen LogP contribution in [-0.4, -0.2) is 53.2 Å². The van der Waals surface area contributed by atoms with Gasteiger partial charge in [-0.25, -0.2) is 4.79 Å². The molecule has 1 aliphatic heterocycles. The van der Waals surface area contributed by atoms with Gasteiger partial charge < -0.3 is 16.0 Å². The summed E-state index contributed by atoms with van der Waals surface area (Å²) < 4.78 is 0. The van der Waals surface area contributed by atoms with E-state index in [0.29, 0.717) is 12.1 Å². The lowest BCUT2D eigenvalue weighted by Crippen LogP contribution is -2.58. The van der Waals surface area contributed by atoms with Gasteiger partial charge >= 0.3 is 17.8 Å². The number of primary amides is 1. The van der Waals surface area contributed by atoms with Gasteiger partial charge in [0, 0.05) is 19.6 Å². The Morgan fingerprint density at radius 2 is 1.83 bits per heavy atom. The Labute approximate surface area is 133 Å². The van der Waals surface area contributed by atoms with Gasteiger partial charge in [0.1, 0.15) is 6.04 Å². The van der Waals surface area contributed by atoms with Crippen molar-refractivity contribution in [3.05, 3.63) is 35.9 Å². The van der Waals surface area contributed by atoms with Crippen molar-refractivity contribution in [2.45, 2.75) is 13.0 Å². The zero-order chi connectivity index (χ0) is 17.0. The number of benzene rings is 1. The van der Waals surface area contributed by atoms with E-state index in [0.717, 1.165) is 4.90 Å². The molecule has 5 amide bonds. The molecule has 0 saturated carbocycles. The Hall–Kier alpha value is -2.90. The van der Waals surface area contributed by atoms with E-state index in [1.165, 1.54) is 4.90 Å². The minimum Gasteiger partial charge on any atom is -0.368 e. The molecule has 8 nitrogen and oxygen atoms in total. The smallest absolute Gasteiger partial charge is 0.325 e. The van der Waals surface area contributed by atoms with Gasteiger partial charge in [0.2, 0.25) is 5.91 Å². The molecule has 1 saturated heterocycles. The number of nitrogens with two attached hydrogens (primary N) is 1. The summed E-state index contributed by atoms with van der Waals surface area (Å²) in [6, 6.07) is 6.55. The lowest BCUT2D eigenvalue weighted by Gasteiger charge is -2.32. The maximum absolute atomic E-state index is 12.3. The molecule has 1 fully saturated rings. The van der Waals surface area contributed by atoms with E-state index >= 15 is 0 Å². The molecule has 1 aromatic carbocycles. The maximum atomic E-state index is 12.3. The number of hydrogen-bond acceptors (Lipinski definition) is 4. The quantitative estimate of drug-likeness (QED) is 0.736. The van der Waals surface area contributed by atoms with Gasteiger partial charge in [-0.15, -0.1) is 0 Å². The monoisotopic (exact) mass is 318 g/mol. The van der Waals surface area contributed by atoms with Gasteiger partial charge in [-0.1, -0.05) is 30.3 Å². The van der Waals surface area contributed by atoms with E-state index in [4.69, 9.17) is 5.73 Å². The number of piperazine rings is 1. The summed E-state index contributed by atoms with van der Waals surface area (Å²) in [5, 5.41) is 2.41.